The summed E-state index contributed by atoms with van der Waals surface area (Å²) in [6.07, 6.45) is 0. The van der Waals surface area contributed by atoms with Gasteiger partial charge in [0, 0.05) is 27.1 Å². The molecule has 81 heavy (non-hydrogen) atoms. The molecule has 0 fully saturated rings. The molecule has 0 radical (unpaired) electrons. The van der Waals surface area contributed by atoms with Crippen molar-refractivity contribution in [3.63, 3.8) is 0 Å². The topological polar surface area (TPSA) is 94.3 Å². The second-order valence-electron chi connectivity index (χ2n) is 20.0. The van der Waals surface area contributed by atoms with Gasteiger partial charge in [0.15, 0.2) is 17.1 Å². The fraction of sp³-hybridized carbons (Fsp3) is 0.0137. The Morgan fingerprint density at radius 1 is 0.309 bits per heavy atom. The van der Waals surface area contributed by atoms with Gasteiger partial charge in [-0.1, -0.05) is 109 Å². The number of fused-ring (bicyclic) bond motifs is 6. The van der Waals surface area contributed by atoms with E-state index >= 15 is 0 Å². The maximum Gasteiger partial charge on any atom is 0.188 e. The first-order valence-electron chi connectivity index (χ1n) is 26.1. The third-order valence-corrected chi connectivity index (χ3v) is 15.3. The lowest BCUT2D eigenvalue weighted by Gasteiger charge is -2.21. The maximum atomic E-state index is 9.93. The van der Waals surface area contributed by atoms with Crippen LogP contribution in [0, 0.1) is 60.6 Å². The second kappa shape index (κ2) is 19.8. The lowest BCUT2D eigenvalue weighted by molar-refractivity contribution is 1.16. The Bertz CT molecular complexity index is 4870. The van der Waals surface area contributed by atoms with E-state index in [2.05, 4.69) is 133 Å². The van der Waals surface area contributed by atoms with Gasteiger partial charge >= 0.3 is 0 Å². The highest BCUT2D eigenvalue weighted by Gasteiger charge is 2.24. The van der Waals surface area contributed by atoms with E-state index in [1.807, 2.05) is 128 Å². The SMILES string of the molecule is [C-]#[N+]c1cccc(-c2ccc3c(c2)c2cc(-c4cccc(C#N)c4)ccc2n3-c2ccc([N+]#[C-])cc2-c2ccc(-c3ccc(C#N)cc3C)cc2-n2c3ccc(-c4cccc(C#N)c4)cc3c3cc(-c4cccc([N+]#[C-])c4)ccc32)c1. The predicted octanol–water partition coefficient (Wildman–Crippen LogP) is 19.5. The molecule has 13 aromatic rings. The third-order valence-electron chi connectivity index (χ3n) is 15.3. The Kier molecular flexibility index (Phi) is 11.9. The molecule has 2 aromatic heterocycles. The quantitative estimate of drug-likeness (QED) is 0.142. The van der Waals surface area contributed by atoms with E-state index in [1.54, 1.807) is 12.1 Å². The molecule has 13 rings (SSSR count). The standard InChI is InChI=1S/C73H40N8/c1-45-31-48(44-76)17-24-61(45)57-18-25-62(73(40-57)81-70-28-20-54(50-12-6-10-47(33-50)43-75)37-65(70)66-39-56(22-29-71(66)81)52-14-8-16-59(35-52)78-3)67-41-60(79-4)23-30-72(67)80-68-26-19-53(49-11-5-9-46(32-49)42-74)36-63(68)64-38-55(21-27-69(64)80)51-13-7-15-58(34-51)77-2/h5-41H,1H3. The Morgan fingerprint density at radius 2 is 0.691 bits per heavy atom. The van der Waals surface area contributed by atoms with Crippen LogP contribution in [-0.4, -0.2) is 9.13 Å². The molecule has 0 unspecified atom stereocenters. The smallest absolute Gasteiger partial charge is 0.188 e. The van der Waals surface area contributed by atoms with Crippen LogP contribution in [-0.2, 0) is 0 Å². The first-order chi connectivity index (χ1) is 39.7. The van der Waals surface area contributed by atoms with Crippen molar-refractivity contribution in [2.45, 2.75) is 6.92 Å². The van der Waals surface area contributed by atoms with E-state index in [9.17, 15) is 15.8 Å². The minimum atomic E-state index is 0.465. The molecule has 0 aliphatic rings. The first kappa shape index (κ1) is 48.6. The molecule has 11 aromatic carbocycles. The number of benzene rings is 11. The number of rotatable bonds is 8. The summed E-state index contributed by atoms with van der Waals surface area (Å²) in [6, 6.07) is 81.3. The van der Waals surface area contributed by atoms with Gasteiger partial charge in [0.2, 0.25) is 0 Å². The van der Waals surface area contributed by atoms with Crippen LogP contribution in [0.2, 0.25) is 0 Å². The van der Waals surface area contributed by atoms with E-state index in [0.717, 1.165) is 127 Å². The van der Waals surface area contributed by atoms with Crippen LogP contribution in [0.25, 0.3) is 136 Å². The van der Waals surface area contributed by atoms with Crippen LogP contribution in [0.4, 0.5) is 17.1 Å². The summed E-state index contributed by atoms with van der Waals surface area (Å²) in [5.41, 5.74) is 20.7. The van der Waals surface area contributed by atoms with Gasteiger partial charge in [-0.2, -0.15) is 15.8 Å². The van der Waals surface area contributed by atoms with Crippen molar-refractivity contribution in [3.05, 3.63) is 281 Å². The van der Waals surface area contributed by atoms with Crippen LogP contribution < -0.4 is 0 Å². The molecule has 2 heterocycles. The lowest BCUT2D eigenvalue weighted by atomic mass is 9.93. The number of hydrogen-bond donors (Lipinski definition) is 0. The van der Waals surface area contributed by atoms with Crippen molar-refractivity contribution in [2.75, 3.05) is 0 Å². The molecule has 0 saturated heterocycles. The monoisotopic (exact) mass is 1030 g/mol. The van der Waals surface area contributed by atoms with Gasteiger partial charge in [-0.25, -0.2) is 14.5 Å². The number of nitriles is 3. The number of aryl methyl sites for hydroxylation is 1. The summed E-state index contributed by atoms with van der Waals surface area (Å²) in [6.45, 7) is 26.0. The van der Waals surface area contributed by atoms with E-state index in [4.69, 9.17) is 19.7 Å². The Balaban J connectivity index is 1.11. The number of nitrogens with zero attached hydrogens (tertiary/aromatic N) is 8. The van der Waals surface area contributed by atoms with Crippen molar-refractivity contribution in [1.82, 2.24) is 9.13 Å². The Hall–Kier alpha value is -12.0. The van der Waals surface area contributed by atoms with Gasteiger partial charge in [0.05, 0.1) is 88.1 Å². The molecule has 372 valence electrons. The summed E-state index contributed by atoms with van der Waals surface area (Å²) in [5, 5.41) is 33.7. The summed E-state index contributed by atoms with van der Waals surface area (Å²) < 4.78 is 4.59. The molecule has 0 saturated carbocycles. The maximum absolute atomic E-state index is 9.93. The summed E-state index contributed by atoms with van der Waals surface area (Å²) >= 11 is 0. The van der Waals surface area contributed by atoms with Crippen LogP contribution in [0.1, 0.15) is 22.3 Å². The average Bonchev–Trinajstić information content (AvgIpc) is 4.28. The molecule has 0 aliphatic carbocycles. The van der Waals surface area contributed by atoms with Gasteiger partial charge in [-0.3, -0.25) is 0 Å². The molecular formula is C73H40N8. The predicted molar refractivity (Wildman–Crippen MR) is 325 cm³/mol. The summed E-state index contributed by atoms with van der Waals surface area (Å²) in [5.74, 6) is 0. The van der Waals surface area contributed by atoms with Crippen molar-refractivity contribution >= 4 is 60.7 Å². The highest BCUT2D eigenvalue weighted by Crippen LogP contribution is 2.46. The minimum absolute atomic E-state index is 0.465. The highest BCUT2D eigenvalue weighted by molar-refractivity contribution is 6.14. The molecule has 8 nitrogen and oxygen atoms in total. The van der Waals surface area contributed by atoms with Gasteiger partial charge in [0.25, 0.3) is 0 Å². The molecule has 0 spiro atoms. The van der Waals surface area contributed by atoms with Crippen LogP contribution in [0.15, 0.2) is 224 Å². The Labute approximate surface area is 467 Å². The van der Waals surface area contributed by atoms with Gasteiger partial charge in [0.1, 0.15) is 0 Å². The molecule has 0 amide bonds. The largest absolute Gasteiger partial charge is 0.309 e. The van der Waals surface area contributed by atoms with Gasteiger partial charge in [-0.15, -0.1) is 0 Å². The zero-order valence-corrected chi connectivity index (χ0v) is 43.4. The van der Waals surface area contributed by atoms with Crippen molar-refractivity contribution in [3.8, 4) is 96.3 Å². The summed E-state index contributed by atoms with van der Waals surface area (Å²) in [4.78, 5) is 11.5. The fourth-order valence-corrected chi connectivity index (χ4v) is 11.5. The molecule has 0 atom stereocenters. The van der Waals surface area contributed by atoms with Crippen LogP contribution in [0.5, 0.6) is 0 Å². The Morgan fingerprint density at radius 3 is 1.14 bits per heavy atom. The molecule has 0 aliphatic heterocycles. The normalized spacial score (nSPS) is 11.0. The van der Waals surface area contributed by atoms with Crippen LogP contribution in [0.3, 0.4) is 0 Å². The molecule has 0 bridgehead atoms. The summed E-state index contributed by atoms with van der Waals surface area (Å²) in [7, 11) is 0. The lowest BCUT2D eigenvalue weighted by Crippen LogP contribution is -2.02. The zero-order valence-electron chi connectivity index (χ0n) is 43.4. The van der Waals surface area contributed by atoms with Crippen LogP contribution >= 0.6 is 0 Å². The van der Waals surface area contributed by atoms with Gasteiger partial charge < -0.3 is 9.13 Å². The van der Waals surface area contributed by atoms with E-state index < -0.39 is 0 Å². The zero-order chi connectivity index (χ0) is 55.3. The van der Waals surface area contributed by atoms with Crippen molar-refractivity contribution in [1.29, 1.82) is 15.8 Å². The molecule has 8 heteroatoms. The average molecular weight is 1030 g/mol. The minimum Gasteiger partial charge on any atom is -0.309 e. The van der Waals surface area contributed by atoms with Crippen molar-refractivity contribution in [2.24, 2.45) is 0 Å². The number of hydrogen-bond acceptors (Lipinski definition) is 3. The first-order valence-corrected chi connectivity index (χ1v) is 26.1. The molecule has 0 N–H and O–H groups in total. The van der Waals surface area contributed by atoms with E-state index in [-0.39, 0.29) is 0 Å². The van der Waals surface area contributed by atoms with Gasteiger partial charge in [-0.05, 0) is 189 Å². The number of aromatic nitrogens is 2. The highest BCUT2D eigenvalue weighted by atomic mass is 15.0. The van der Waals surface area contributed by atoms with Crippen molar-refractivity contribution < 1.29 is 0 Å². The third kappa shape index (κ3) is 8.46. The molecular weight excluding hydrogens is 989 g/mol. The second-order valence-corrected chi connectivity index (χ2v) is 20.0. The van der Waals surface area contributed by atoms with E-state index in [1.165, 1.54) is 0 Å². The van der Waals surface area contributed by atoms with E-state index in [0.29, 0.717) is 33.8 Å². The fourth-order valence-electron chi connectivity index (χ4n) is 11.5.